The van der Waals surface area contributed by atoms with E-state index < -0.39 is 0 Å². The second-order valence-electron chi connectivity index (χ2n) is 8.23. The molecule has 1 aromatic carbocycles. The first kappa shape index (κ1) is 19.6. The topological polar surface area (TPSA) is 84.5 Å². The third-order valence-electron chi connectivity index (χ3n) is 6.37. The number of fused-ring (bicyclic) bond motifs is 1. The molecule has 0 spiro atoms. The highest BCUT2D eigenvalue weighted by Crippen LogP contribution is 2.38. The summed E-state index contributed by atoms with van der Waals surface area (Å²) >= 11 is 0. The van der Waals surface area contributed by atoms with Crippen LogP contribution in [0.1, 0.15) is 65.5 Å². The van der Waals surface area contributed by atoms with Gasteiger partial charge in [-0.05, 0) is 75.3 Å². The van der Waals surface area contributed by atoms with E-state index in [0.717, 1.165) is 23.8 Å². The molecule has 0 bridgehead atoms. The van der Waals surface area contributed by atoms with E-state index in [1.165, 1.54) is 37.7 Å². The summed E-state index contributed by atoms with van der Waals surface area (Å²) in [6.45, 7) is 6.89. The van der Waals surface area contributed by atoms with Crippen molar-refractivity contribution in [2.45, 2.75) is 51.4 Å². The summed E-state index contributed by atoms with van der Waals surface area (Å²) in [7, 11) is 0. The first-order valence-corrected chi connectivity index (χ1v) is 10.5. The standard InChI is InChI=1S/C23H29N5O/c1-15-26-20-12-14-28(23(29)21(20)22(24)27-15)19-9-7-18(8-10-19)17-5-3-16(4-6-17)11-13-25-2/h7-10,16-17H,2-6,11-14H2,1H3,(H2,24,26,27). The lowest BCUT2D eigenvalue weighted by atomic mass is 9.77. The average Bonchev–Trinajstić information content (AvgIpc) is 2.72. The Kier molecular flexibility index (Phi) is 5.60. The number of carbonyl (C=O) groups is 1. The Labute approximate surface area is 172 Å². The van der Waals surface area contributed by atoms with Gasteiger partial charge in [-0.3, -0.25) is 4.79 Å². The first-order chi connectivity index (χ1) is 14.1. The molecule has 29 heavy (non-hydrogen) atoms. The largest absolute Gasteiger partial charge is 0.383 e. The van der Waals surface area contributed by atoms with Gasteiger partial charge in [-0.25, -0.2) is 9.97 Å². The predicted octanol–water partition coefficient (Wildman–Crippen LogP) is 3.93. The van der Waals surface area contributed by atoms with Crippen molar-refractivity contribution in [2.75, 3.05) is 23.7 Å². The van der Waals surface area contributed by atoms with Crippen LogP contribution in [0.4, 0.5) is 11.5 Å². The Morgan fingerprint density at radius 2 is 1.90 bits per heavy atom. The SMILES string of the molecule is C=NCCC1CCC(c2ccc(N3CCc4nc(C)nc(N)c4C3=O)cc2)CC1. The van der Waals surface area contributed by atoms with E-state index in [1.807, 2.05) is 0 Å². The zero-order chi connectivity index (χ0) is 20.4. The van der Waals surface area contributed by atoms with E-state index in [-0.39, 0.29) is 11.7 Å². The van der Waals surface area contributed by atoms with Crippen LogP contribution in [0, 0.1) is 12.8 Å². The minimum atomic E-state index is -0.104. The highest BCUT2D eigenvalue weighted by atomic mass is 16.2. The summed E-state index contributed by atoms with van der Waals surface area (Å²) in [5, 5.41) is 0. The number of amides is 1. The summed E-state index contributed by atoms with van der Waals surface area (Å²) < 4.78 is 0. The number of hydrogen-bond donors (Lipinski definition) is 1. The Hall–Kier alpha value is -2.76. The van der Waals surface area contributed by atoms with Gasteiger partial charge in [-0.1, -0.05) is 12.1 Å². The van der Waals surface area contributed by atoms with Gasteiger partial charge < -0.3 is 15.6 Å². The number of rotatable bonds is 5. The van der Waals surface area contributed by atoms with Crippen LogP contribution in [-0.2, 0) is 6.42 Å². The van der Waals surface area contributed by atoms with Gasteiger partial charge in [0.1, 0.15) is 17.2 Å². The van der Waals surface area contributed by atoms with Crippen molar-refractivity contribution in [2.24, 2.45) is 10.9 Å². The van der Waals surface area contributed by atoms with Crippen LogP contribution >= 0.6 is 0 Å². The van der Waals surface area contributed by atoms with Crippen LogP contribution in [0.2, 0.25) is 0 Å². The van der Waals surface area contributed by atoms with E-state index in [2.05, 4.69) is 45.9 Å². The van der Waals surface area contributed by atoms with Gasteiger partial charge in [-0.15, -0.1) is 0 Å². The van der Waals surface area contributed by atoms with E-state index in [1.54, 1.807) is 11.8 Å². The molecule has 1 aliphatic carbocycles. The average molecular weight is 392 g/mol. The highest BCUT2D eigenvalue weighted by Gasteiger charge is 2.30. The fourth-order valence-electron chi connectivity index (χ4n) is 4.75. The number of aliphatic imine (C=N–C) groups is 1. The number of nitrogen functional groups attached to an aromatic ring is 1. The molecular weight excluding hydrogens is 362 g/mol. The normalized spacial score (nSPS) is 21.7. The molecule has 6 nitrogen and oxygen atoms in total. The van der Waals surface area contributed by atoms with Crippen LogP contribution in [-0.4, -0.2) is 35.7 Å². The first-order valence-electron chi connectivity index (χ1n) is 10.5. The molecule has 1 amide bonds. The second kappa shape index (κ2) is 8.31. The van der Waals surface area contributed by atoms with Gasteiger partial charge in [0.05, 0.1) is 5.69 Å². The van der Waals surface area contributed by atoms with Gasteiger partial charge >= 0.3 is 0 Å². The monoisotopic (exact) mass is 391 g/mol. The van der Waals surface area contributed by atoms with Crippen molar-refractivity contribution in [3.05, 3.63) is 46.9 Å². The van der Waals surface area contributed by atoms with Gasteiger partial charge in [0, 0.05) is 25.2 Å². The Balaban J connectivity index is 1.45. The third kappa shape index (κ3) is 4.02. The maximum absolute atomic E-state index is 13.0. The van der Waals surface area contributed by atoms with Gasteiger partial charge in [0.25, 0.3) is 5.91 Å². The van der Waals surface area contributed by atoms with Crippen molar-refractivity contribution in [3.63, 3.8) is 0 Å². The number of aromatic nitrogens is 2. The highest BCUT2D eigenvalue weighted by molar-refractivity contribution is 6.10. The molecule has 0 saturated heterocycles. The molecule has 6 heteroatoms. The van der Waals surface area contributed by atoms with Crippen molar-refractivity contribution in [1.82, 2.24) is 9.97 Å². The fraction of sp³-hybridized carbons (Fsp3) is 0.478. The molecule has 1 aromatic heterocycles. The number of aryl methyl sites for hydroxylation is 1. The molecule has 0 radical (unpaired) electrons. The predicted molar refractivity (Wildman–Crippen MR) is 117 cm³/mol. The molecule has 4 rings (SSSR count). The number of carbonyl (C=O) groups excluding carboxylic acids is 1. The van der Waals surface area contributed by atoms with E-state index in [4.69, 9.17) is 5.73 Å². The van der Waals surface area contributed by atoms with Gasteiger partial charge in [0.2, 0.25) is 0 Å². The van der Waals surface area contributed by atoms with Gasteiger partial charge in [0.15, 0.2) is 0 Å². The lowest BCUT2D eigenvalue weighted by Gasteiger charge is -2.30. The summed E-state index contributed by atoms with van der Waals surface area (Å²) in [5.41, 5.74) is 9.53. The van der Waals surface area contributed by atoms with Crippen LogP contribution in [0.15, 0.2) is 29.3 Å². The molecule has 1 fully saturated rings. The molecule has 2 aliphatic rings. The molecule has 0 unspecified atom stereocenters. The number of benzene rings is 1. The zero-order valence-corrected chi connectivity index (χ0v) is 17.1. The number of nitrogens with two attached hydrogens (primary N) is 1. The number of hydrogen-bond acceptors (Lipinski definition) is 5. The molecule has 2 heterocycles. The molecule has 2 N–H and O–H groups in total. The number of nitrogens with zero attached hydrogens (tertiary/aromatic N) is 4. The Morgan fingerprint density at radius 1 is 1.17 bits per heavy atom. The fourth-order valence-corrected chi connectivity index (χ4v) is 4.75. The summed E-state index contributed by atoms with van der Waals surface area (Å²) in [6.07, 6.45) is 6.85. The van der Waals surface area contributed by atoms with Crippen molar-refractivity contribution in [1.29, 1.82) is 0 Å². The minimum absolute atomic E-state index is 0.104. The summed E-state index contributed by atoms with van der Waals surface area (Å²) in [6, 6.07) is 8.50. The zero-order valence-electron chi connectivity index (χ0n) is 17.1. The van der Waals surface area contributed by atoms with Crippen molar-refractivity contribution >= 4 is 24.1 Å². The van der Waals surface area contributed by atoms with E-state index in [9.17, 15) is 4.79 Å². The molecule has 2 aromatic rings. The van der Waals surface area contributed by atoms with E-state index in [0.29, 0.717) is 30.3 Å². The number of anilines is 2. The maximum Gasteiger partial charge on any atom is 0.263 e. The van der Waals surface area contributed by atoms with Crippen LogP contribution in [0.3, 0.4) is 0 Å². The minimum Gasteiger partial charge on any atom is -0.383 e. The third-order valence-corrected chi connectivity index (χ3v) is 6.37. The van der Waals surface area contributed by atoms with Crippen LogP contribution in [0.25, 0.3) is 0 Å². The Morgan fingerprint density at radius 3 is 2.59 bits per heavy atom. The smallest absolute Gasteiger partial charge is 0.263 e. The van der Waals surface area contributed by atoms with Crippen LogP contribution in [0.5, 0.6) is 0 Å². The lowest BCUT2D eigenvalue weighted by molar-refractivity contribution is 0.0980. The van der Waals surface area contributed by atoms with E-state index >= 15 is 0 Å². The summed E-state index contributed by atoms with van der Waals surface area (Å²) in [4.78, 5) is 27.4. The van der Waals surface area contributed by atoms with Crippen molar-refractivity contribution < 1.29 is 4.79 Å². The molecule has 1 aliphatic heterocycles. The Bertz CT molecular complexity index is 900. The molecule has 0 atom stereocenters. The molecular formula is C23H29N5O. The quantitative estimate of drug-likeness (QED) is 0.783. The lowest BCUT2D eigenvalue weighted by Crippen LogP contribution is -2.39. The maximum atomic E-state index is 13.0. The summed E-state index contributed by atoms with van der Waals surface area (Å²) in [5.74, 6) is 2.19. The van der Waals surface area contributed by atoms with Crippen molar-refractivity contribution in [3.8, 4) is 0 Å². The van der Waals surface area contributed by atoms with Gasteiger partial charge in [-0.2, -0.15) is 0 Å². The second-order valence-corrected chi connectivity index (χ2v) is 8.23. The molecule has 152 valence electrons. The molecule has 1 saturated carbocycles. The van der Waals surface area contributed by atoms with Crippen LogP contribution < -0.4 is 10.6 Å².